The number of hydrogen-bond acceptors (Lipinski definition) is 6. The van der Waals surface area contributed by atoms with Crippen LogP contribution in [0.2, 0.25) is 0 Å². The smallest absolute Gasteiger partial charge is 0.255 e. The second kappa shape index (κ2) is 12.9. The lowest BCUT2D eigenvalue weighted by molar-refractivity contribution is -0.128. The number of benzene rings is 2. The van der Waals surface area contributed by atoms with Crippen molar-refractivity contribution in [1.29, 1.82) is 0 Å². The highest BCUT2D eigenvalue weighted by atomic mass is 16.2. The number of amides is 3. The maximum absolute atomic E-state index is 13.0. The van der Waals surface area contributed by atoms with Gasteiger partial charge >= 0.3 is 0 Å². The molecule has 204 valence electrons. The Kier molecular flexibility index (Phi) is 9.14. The molecule has 0 aromatic heterocycles. The molecule has 0 spiro atoms. The number of carbonyl (C=O) groups is 3. The summed E-state index contributed by atoms with van der Waals surface area (Å²) in [7, 11) is 0. The first-order valence-electron chi connectivity index (χ1n) is 13.3. The molecule has 1 saturated carbocycles. The summed E-state index contributed by atoms with van der Waals surface area (Å²) in [5.74, 6) is -0.384. The van der Waals surface area contributed by atoms with Gasteiger partial charge < -0.3 is 26.6 Å². The molecule has 2 fully saturated rings. The van der Waals surface area contributed by atoms with E-state index in [-0.39, 0.29) is 17.4 Å². The van der Waals surface area contributed by atoms with E-state index < -0.39 is 11.4 Å². The number of carbonyl (C=O) groups excluding carboxylic acids is 3. The predicted octanol–water partition coefficient (Wildman–Crippen LogP) is 2.65. The molecule has 1 saturated heterocycles. The lowest BCUT2D eigenvalue weighted by Gasteiger charge is -2.35. The molecule has 5 N–H and O–H groups in total. The molecule has 2 aromatic carbocycles. The highest BCUT2D eigenvalue weighted by Crippen LogP contribution is 2.36. The van der Waals surface area contributed by atoms with Crippen molar-refractivity contribution in [2.75, 3.05) is 24.5 Å². The van der Waals surface area contributed by atoms with Crippen LogP contribution in [0.15, 0.2) is 84.1 Å². The first-order chi connectivity index (χ1) is 19.0. The Labute approximate surface area is 229 Å². The third-order valence-electron chi connectivity index (χ3n) is 7.25. The van der Waals surface area contributed by atoms with Crippen molar-refractivity contribution in [2.24, 2.45) is 16.6 Å². The highest BCUT2D eigenvalue weighted by molar-refractivity contribution is 6.13. The van der Waals surface area contributed by atoms with E-state index in [1.165, 1.54) is 12.4 Å². The van der Waals surface area contributed by atoms with Gasteiger partial charge in [-0.25, -0.2) is 0 Å². The van der Waals surface area contributed by atoms with Gasteiger partial charge in [0.05, 0.1) is 11.1 Å². The van der Waals surface area contributed by atoms with E-state index in [2.05, 4.69) is 32.4 Å². The van der Waals surface area contributed by atoms with Crippen LogP contribution in [0.25, 0.3) is 0 Å². The number of rotatable bonds is 11. The zero-order valence-electron chi connectivity index (χ0n) is 22.1. The first kappa shape index (κ1) is 27.6. The molecular weight excluding hydrogens is 492 g/mol. The Hall–Kier alpha value is -4.40. The quantitative estimate of drug-likeness (QED) is 0.263. The summed E-state index contributed by atoms with van der Waals surface area (Å²) in [5.41, 5.74) is 7.46. The molecule has 39 heavy (non-hydrogen) atoms. The van der Waals surface area contributed by atoms with Crippen LogP contribution in [0.5, 0.6) is 0 Å². The standard InChI is InChI=1S/C30H36N6O3/c1-2-32-21-24(18-31)27(37)35-30(14-15-30)29(39)34-20-23-12-16-36(17-13-23)26-11-7-6-10-25(26)28(38)33-19-22-8-4-3-5-9-22/h2-11,18,21,23H,1,12-17,19-20,31H2,(H,33,38)(H,34,39)(H,35,37)/b24-18+,32-21-. The van der Waals surface area contributed by atoms with E-state index in [0.717, 1.165) is 43.4 Å². The molecule has 0 atom stereocenters. The maximum Gasteiger partial charge on any atom is 0.255 e. The van der Waals surface area contributed by atoms with Gasteiger partial charge in [0.15, 0.2) is 0 Å². The molecule has 0 bridgehead atoms. The van der Waals surface area contributed by atoms with Gasteiger partial charge in [0.1, 0.15) is 5.54 Å². The highest BCUT2D eigenvalue weighted by Gasteiger charge is 2.51. The van der Waals surface area contributed by atoms with Crippen molar-refractivity contribution in [3.63, 3.8) is 0 Å². The van der Waals surface area contributed by atoms with Crippen molar-refractivity contribution in [3.8, 4) is 0 Å². The molecule has 1 aliphatic heterocycles. The van der Waals surface area contributed by atoms with Crippen molar-refractivity contribution >= 4 is 29.6 Å². The summed E-state index contributed by atoms with van der Waals surface area (Å²) >= 11 is 0. The number of nitrogens with two attached hydrogens (primary N) is 1. The van der Waals surface area contributed by atoms with Gasteiger partial charge in [-0.2, -0.15) is 0 Å². The molecule has 4 rings (SSSR count). The minimum atomic E-state index is -0.889. The van der Waals surface area contributed by atoms with Crippen molar-refractivity contribution in [1.82, 2.24) is 16.0 Å². The Morgan fingerprint density at radius 3 is 2.38 bits per heavy atom. The number of aliphatic imine (C=N–C) groups is 1. The van der Waals surface area contributed by atoms with Gasteiger partial charge in [-0.3, -0.25) is 19.4 Å². The minimum absolute atomic E-state index is 0.0935. The number of nitrogens with one attached hydrogen (secondary N) is 3. The normalized spacial score (nSPS) is 16.9. The lowest BCUT2D eigenvalue weighted by Crippen LogP contribution is -2.51. The molecule has 9 nitrogen and oxygen atoms in total. The SMILES string of the molecule is C=C/N=C\C(=C/N)C(=O)NC1(C(=O)NCC2CCN(c3ccccc3C(=O)NCc3ccccc3)CC2)CC1. The van der Waals surface area contributed by atoms with Gasteiger partial charge in [0, 0.05) is 50.5 Å². The van der Waals surface area contributed by atoms with Gasteiger partial charge in [0.25, 0.3) is 11.8 Å². The van der Waals surface area contributed by atoms with Crippen molar-refractivity contribution < 1.29 is 14.4 Å². The monoisotopic (exact) mass is 528 g/mol. The van der Waals surface area contributed by atoms with Gasteiger partial charge in [0.2, 0.25) is 5.91 Å². The number of anilines is 1. The van der Waals surface area contributed by atoms with E-state index in [4.69, 9.17) is 5.73 Å². The zero-order chi connectivity index (χ0) is 27.7. The Bertz CT molecular complexity index is 1240. The topological polar surface area (TPSA) is 129 Å². The van der Waals surface area contributed by atoms with E-state index in [0.29, 0.717) is 37.4 Å². The van der Waals surface area contributed by atoms with Gasteiger partial charge in [-0.1, -0.05) is 49.0 Å². The molecule has 3 amide bonds. The molecule has 2 aromatic rings. The predicted molar refractivity (Wildman–Crippen MR) is 153 cm³/mol. The van der Waals surface area contributed by atoms with Crippen LogP contribution in [0, 0.1) is 5.92 Å². The summed E-state index contributed by atoms with van der Waals surface area (Å²) in [4.78, 5) is 44.5. The third kappa shape index (κ3) is 7.13. The third-order valence-corrected chi connectivity index (χ3v) is 7.25. The fourth-order valence-corrected chi connectivity index (χ4v) is 4.73. The molecule has 2 aliphatic rings. The minimum Gasteiger partial charge on any atom is -0.404 e. The lowest BCUT2D eigenvalue weighted by atomic mass is 9.95. The van der Waals surface area contributed by atoms with E-state index in [1.807, 2.05) is 54.6 Å². The van der Waals surface area contributed by atoms with Crippen LogP contribution in [-0.2, 0) is 16.1 Å². The number of piperidine rings is 1. The summed E-state index contributed by atoms with van der Waals surface area (Å²) in [6.45, 7) is 6.08. The van der Waals surface area contributed by atoms with Crippen LogP contribution in [0.3, 0.4) is 0 Å². The number of para-hydroxylation sites is 1. The van der Waals surface area contributed by atoms with E-state index in [1.54, 1.807) is 0 Å². The van der Waals surface area contributed by atoms with Crippen molar-refractivity contribution in [2.45, 2.75) is 37.8 Å². The van der Waals surface area contributed by atoms with Crippen molar-refractivity contribution in [3.05, 3.63) is 90.3 Å². The number of nitrogens with zero attached hydrogens (tertiary/aromatic N) is 2. The van der Waals surface area contributed by atoms with Crippen LogP contribution < -0.4 is 26.6 Å². The van der Waals surface area contributed by atoms with Crippen LogP contribution in [0.4, 0.5) is 5.69 Å². The first-order valence-corrected chi connectivity index (χ1v) is 13.3. The summed E-state index contributed by atoms with van der Waals surface area (Å²) in [6.07, 6.45) is 6.73. The summed E-state index contributed by atoms with van der Waals surface area (Å²) in [5, 5.41) is 8.88. The fraction of sp³-hybridized carbons (Fsp3) is 0.333. The second-order valence-electron chi connectivity index (χ2n) is 9.94. The number of hydrogen-bond donors (Lipinski definition) is 4. The average molecular weight is 529 g/mol. The van der Waals surface area contributed by atoms with Gasteiger partial charge in [-0.15, -0.1) is 0 Å². The summed E-state index contributed by atoms with van der Waals surface area (Å²) < 4.78 is 0. The molecule has 0 radical (unpaired) electrons. The molecular formula is C30H36N6O3. The fourth-order valence-electron chi connectivity index (χ4n) is 4.73. The summed E-state index contributed by atoms with van der Waals surface area (Å²) in [6, 6.07) is 17.5. The second-order valence-corrected chi connectivity index (χ2v) is 9.94. The van der Waals surface area contributed by atoms with Crippen LogP contribution in [0.1, 0.15) is 41.6 Å². The Morgan fingerprint density at radius 2 is 1.72 bits per heavy atom. The molecule has 9 heteroatoms. The Morgan fingerprint density at radius 1 is 1.03 bits per heavy atom. The maximum atomic E-state index is 13.0. The molecule has 1 aliphatic carbocycles. The van der Waals surface area contributed by atoms with E-state index in [9.17, 15) is 14.4 Å². The molecule has 0 unspecified atom stereocenters. The van der Waals surface area contributed by atoms with Crippen LogP contribution >= 0.6 is 0 Å². The Balaban J connectivity index is 1.26. The largest absolute Gasteiger partial charge is 0.404 e. The van der Waals surface area contributed by atoms with E-state index >= 15 is 0 Å². The average Bonchev–Trinajstić information content (AvgIpc) is 3.76. The molecule has 1 heterocycles. The van der Waals surface area contributed by atoms with Gasteiger partial charge in [-0.05, 0) is 49.3 Å². The van der Waals surface area contributed by atoms with Crippen LogP contribution in [-0.4, -0.2) is 49.1 Å². The zero-order valence-corrected chi connectivity index (χ0v) is 22.1.